The van der Waals surface area contributed by atoms with Crippen LogP contribution in [-0.2, 0) is 58.2 Å². The van der Waals surface area contributed by atoms with Crippen LogP contribution in [0.25, 0.3) is 0 Å². The molecule has 13 nitrogen and oxygen atoms in total. The van der Waals surface area contributed by atoms with Crippen LogP contribution in [0.5, 0.6) is 0 Å². The van der Waals surface area contributed by atoms with Crippen LogP contribution in [0.15, 0.2) is 77.1 Å². The number of rotatable bonds is 8. The molecule has 1 aromatic carbocycles. The molecule has 0 radical (unpaired) electrons. The number of esters is 2. The highest BCUT2D eigenvalue weighted by molar-refractivity contribution is 5.96. The van der Waals surface area contributed by atoms with Crippen molar-refractivity contribution in [3.63, 3.8) is 0 Å². The second-order valence-corrected chi connectivity index (χ2v) is 32.7. The second-order valence-electron chi connectivity index (χ2n) is 32.7. The summed E-state index contributed by atoms with van der Waals surface area (Å²) in [5.74, 6) is 6.64. The molecule has 20 rings (SSSR count). The molecule has 8 saturated carbocycles. The van der Waals surface area contributed by atoms with Gasteiger partial charge in [0.25, 0.3) is 0 Å². The maximum Gasteiger partial charge on any atom is 0.339 e. The van der Waals surface area contributed by atoms with E-state index in [0.29, 0.717) is 68.6 Å². The molecule has 10 bridgehead atoms. The number of carbonyl (C=O) groups is 3. The summed E-state index contributed by atoms with van der Waals surface area (Å²) in [4.78, 5) is 53.0. The first-order valence-corrected chi connectivity index (χ1v) is 34.8. The summed E-state index contributed by atoms with van der Waals surface area (Å²) < 4.78 is 38.5. The minimum absolute atomic E-state index is 0.0224. The number of cyclic esters (lactones) is 1. The molecular weight excluding hydrogens is 1090 g/mol. The average molecular weight is 1180 g/mol. The molecule has 11 aliphatic carbocycles. The van der Waals surface area contributed by atoms with Gasteiger partial charge in [-0.2, -0.15) is 0 Å². The second kappa shape index (κ2) is 17.3. The SMILES string of the molecule is C[C@]12C[C@H]3C[C@]45C[C@@H]6C=C[C@@]47C(=O)OC[C@@]48[C@@H]3[C@]3([C@H](O)C(=O)[C@@H]4[C@]4(C9CCCCC9)CC=C(C[C@H]5C6)[C@@]87O4)[C@@H]4C[C@H](Cc5ccccc5)CC[C@H]4C#C[C@H]4CCc5coc(C[C@@H]([C@@H]6CC[C@@H]7[C@H](C=CN8CNC[C@@H]78)C6)[C@H](O)CO)c5[C@@]41OC(=O)[C@H]1O[C@@]132. The lowest BCUT2D eigenvalue weighted by Gasteiger charge is -2.75. The Hall–Kier alpha value is -4.55. The lowest BCUT2D eigenvalue weighted by molar-refractivity contribution is -0.324. The fourth-order valence-electron chi connectivity index (χ4n) is 28.3. The summed E-state index contributed by atoms with van der Waals surface area (Å²) in [6.45, 7) is 3.82. The number of hydrogen-bond acceptors (Lipinski definition) is 13. The number of carbonyl (C=O) groups excluding carboxylic acids is 3. The summed E-state index contributed by atoms with van der Waals surface area (Å²) in [6, 6.07) is 11.2. The van der Waals surface area contributed by atoms with Crippen molar-refractivity contribution < 1.29 is 53.1 Å². The summed E-state index contributed by atoms with van der Waals surface area (Å²) in [5.41, 5.74) is -6.29. The Kier molecular flexibility index (Phi) is 10.6. The van der Waals surface area contributed by atoms with Gasteiger partial charge >= 0.3 is 11.9 Å². The summed E-state index contributed by atoms with van der Waals surface area (Å²) in [5, 5.41) is 42.0. The number of hydrogen-bond donors (Lipinski definition) is 4. The van der Waals surface area contributed by atoms with Crippen molar-refractivity contribution in [2.24, 2.45) is 110 Å². The normalized spacial score (nSPS) is 52.9. The average Bonchev–Trinajstić information content (AvgIpc) is 1.43. The van der Waals surface area contributed by atoms with Gasteiger partial charge in [0.1, 0.15) is 35.1 Å². The first-order valence-electron chi connectivity index (χ1n) is 34.8. The van der Waals surface area contributed by atoms with Crippen LogP contribution >= 0.6 is 0 Å². The van der Waals surface area contributed by atoms with Crippen molar-refractivity contribution in [3.8, 4) is 11.8 Å². The van der Waals surface area contributed by atoms with E-state index in [1.54, 1.807) is 0 Å². The number of aryl methyl sites for hydroxylation is 1. The van der Waals surface area contributed by atoms with E-state index in [9.17, 15) is 10.2 Å². The highest BCUT2D eigenvalue weighted by Gasteiger charge is 3.02. The molecule has 0 amide bonds. The minimum atomic E-state index is -1.56. The van der Waals surface area contributed by atoms with Gasteiger partial charge < -0.3 is 43.6 Å². The van der Waals surface area contributed by atoms with Crippen molar-refractivity contribution in [1.82, 2.24) is 10.2 Å². The number of epoxide rings is 1. The number of Topliss-reactive ketones (excluding diaryl/α,β-unsaturated/α-hetero) is 1. The van der Waals surface area contributed by atoms with Crippen LogP contribution < -0.4 is 5.32 Å². The van der Waals surface area contributed by atoms with Crippen molar-refractivity contribution in [3.05, 3.63) is 95.1 Å². The number of aliphatic hydroxyl groups excluding tert-OH is 3. The number of ether oxygens (including phenoxy) is 4. The van der Waals surface area contributed by atoms with Crippen LogP contribution in [0.3, 0.4) is 0 Å². The van der Waals surface area contributed by atoms with Gasteiger partial charge in [-0.1, -0.05) is 92.7 Å². The van der Waals surface area contributed by atoms with E-state index < -0.39 is 97.4 Å². The lowest BCUT2D eigenvalue weighted by atomic mass is 9.27. The van der Waals surface area contributed by atoms with Gasteiger partial charge in [-0.05, 0) is 203 Å². The molecule has 0 unspecified atom stereocenters. The van der Waals surface area contributed by atoms with Gasteiger partial charge in [-0.25, -0.2) is 4.79 Å². The Morgan fingerprint density at radius 3 is 2.67 bits per heavy atom. The number of ketones is 1. The molecule has 13 fully saturated rings. The zero-order valence-corrected chi connectivity index (χ0v) is 50.5. The molecule has 7 spiro atoms. The molecule has 5 saturated heterocycles. The number of fused-ring (bicyclic) bond motifs is 8. The monoisotopic (exact) mass is 1180 g/mol. The van der Waals surface area contributed by atoms with E-state index in [4.69, 9.17) is 23.4 Å². The lowest BCUT2D eigenvalue weighted by Crippen LogP contribution is -2.85. The zero-order chi connectivity index (χ0) is 58.2. The number of allylic oxidation sites excluding steroid dienone is 2. The fraction of sp³-hybridized carbons (Fsp3) is 0.716. The molecular formula is C74H86N2O11. The van der Waals surface area contributed by atoms with Gasteiger partial charge in [-0.3, -0.25) is 14.9 Å². The van der Waals surface area contributed by atoms with Crippen molar-refractivity contribution in [2.45, 2.75) is 189 Å². The van der Waals surface area contributed by atoms with Crippen LogP contribution in [0.1, 0.15) is 145 Å². The molecule has 4 N–H and O–H groups in total. The van der Waals surface area contributed by atoms with Gasteiger partial charge in [0.15, 0.2) is 17.5 Å². The summed E-state index contributed by atoms with van der Waals surface area (Å²) >= 11 is 0. The largest absolute Gasteiger partial charge is 0.469 e. The highest BCUT2D eigenvalue weighted by Crippen LogP contribution is 2.94. The van der Waals surface area contributed by atoms with Crippen LogP contribution in [0, 0.1) is 122 Å². The van der Waals surface area contributed by atoms with E-state index in [1.807, 2.05) is 6.26 Å². The molecule has 13 heteroatoms. The first-order chi connectivity index (χ1) is 42.3. The number of benzene rings is 1. The molecule has 18 aliphatic rings. The molecule has 1 aromatic heterocycles. The first kappa shape index (κ1) is 53.1. The molecule has 2 aromatic rings. The highest BCUT2D eigenvalue weighted by atomic mass is 16.7. The van der Waals surface area contributed by atoms with Crippen molar-refractivity contribution >= 4 is 17.7 Å². The number of aliphatic hydroxyl groups is 3. The topological polar surface area (TPSA) is 181 Å². The van der Waals surface area contributed by atoms with Crippen LogP contribution in [-0.4, -0.2) is 106 Å². The summed E-state index contributed by atoms with van der Waals surface area (Å²) in [6.07, 6.45) is 27.2. The number of nitrogens with zero attached hydrogens (tertiary/aromatic N) is 1. The Morgan fingerprint density at radius 1 is 0.931 bits per heavy atom. The van der Waals surface area contributed by atoms with E-state index >= 15 is 19.5 Å². The standard InChI is InChI=1S/C74H86N2O11/c1-66-33-47-34-67-32-42-20-24-70(67)65(82)84-38-68-60(47)71(62(80)59(79)61(68)69(48-10-6-3-7-11-48)23-21-50(30-51(67)27-42)73(68,70)87-69)54-28-41(26-40-8-4-2-5-9-40)12-13-43(54)14-17-49-18-15-46-37-83-57(58(46)72(49,66)86-64(81)63-74(66,71)85-63)31-53(56(78)36-77)44-16-19-52-45(29-44)22-25-76-39-75-35-55(52)76/h2,4-5,8-9,20-22,24-25,37,41-45,47-49,51-56,60-63,75,77-78,80H,3,6-7,10-13,15-16,18-19,23,26-36,38-39H2,1H3/t41-,42+,43-,44+,45+,47-,49-,51+,52+,53-,54+,55-,56+,60+,61-,62+,63+,66-,67-,68+,69+,70+,71-,72-,73+,74+/m0/s1. The Labute approximate surface area is 510 Å². The molecule has 7 aliphatic heterocycles. The molecule has 26 atom stereocenters. The quantitative estimate of drug-likeness (QED) is 0.0853. The van der Waals surface area contributed by atoms with Gasteiger partial charge in [0, 0.05) is 41.3 Å². The Morgan fingerprint density at radius 2 is 1.80 bits per heavy atom. The maximum absolute atomic E-state index is 17.8. The third-order valence-corrected chi connectivity index (χ3v) is 30.5. The van der Waals surface area contributed by atoms with Crippen LogP contribution in [0.4, 0.5) is 0 Å². The van der Waals surface area contributed by atoms with Gasteiger partial charge in [0.05, 0.1) is 48.5 Å². The van der Waals surface area contributed by atoms with E-state index in [1.165, 1.54) is 11.1 Å². The Bertz CT molecular complexity index is 3520. The third kappa shape index (κ3) is 5.70. The zero-order valence-electron chi connectivity index (χ0n) is 50.5. The Balaban J connectivity index is 0.837. The predicted molar refractivity (Wildman–Crippen MR) is 316 cm³/mol. The number of nitrogens with one attached hydrogen (secondary N) is 1. The maximum atomic E-state index is 17.8. The van der Waals surface area contributed by atoms with E-state index in [2.05, 4.69) is 89.8 Å². The van der Waals surface area contributed by atoms with Gasteiger partial charge in [0.2, 0.25) is 0 Å². The smallest absolute Gasteiger partial charge is 0.339 e. The molecule has 8 heterocycles. The molecule has 87 heavy (non-hydrogen) atoms. The minimum Gasteiger partial charge on any atom is -0.469 e. The van der Waals surface area contributed by atoms with E-state index in [0.717, 1.165) is 114 Å². The predicted octanol–water partition coefficient (Wildman–Crippen LogP) is 8.85. The van der Waals surface area contributed by atoms with Crippen molar-refractivity contribution in [2.75, 3.05) is 26.4 Å². The third-order valence-electron chi connectivity index (χ3n) is 30.5. The van der Waals surface area contributed by atoms with E-state index in [-0.39, 0.29) is 72.3 Å². The van der Waals surface area contributed by atoms with Gasteiger partial charge in [-0.15, -0.1) is 0 Å². The summed E-state index contributed by atoms with van der Waals surface area (Å²) in [7, 11) is 0. The fourth-order valence-corrected chi connectivity index (χ4v) is 28.3. The van der Waals surface area contributed by atoms with Crippen molar-refractivity contribution in [1.29, 1.82) is 0 Å². The number of furan rings is 1. The van der Waals surface area contributed by atoms with Crippen LogP contribution in [0.2, 0.25) is 0 Å². The molecule has 458 valence electrons.